The van der Waals surface area contributed by atoms with Crippen LogP contribution in [0.2, 0.25) is 0 Å². The van der Waals surface area contributed by atoms with Gasteiger partial charge in [-0.1, -0.05) is 32.2 Å². The maximum Gasteiger partial charge on any atom is 0.265 e. The second kappa shape index (κ2) is 5.96. The van der Waals surface area contributed by atoms with Crippen molar-refractivity contribution < 1.29 is 4.79 Å². The molecule has 0 radical (unpaired) electrons. The Morgan fingerprint density at radius 3 is 2.72 bits per heavy atom. The van der Waals surface area contributed by atoms with Crippen molar-refractivity contribution in [2.24, 2.45) is 0 Å². The highest BCUT2D eigenvalue weighted by atomic mass is 32.1. The van der Waals surface area contributed by atoms with Crippen LogP contribution in [0.3, 0.4) is 0 Å². The van der Waals surface area contributed by atoms with Crippen LogP contribution in [0, 0.1) is 12.3 Å². The first-order chi connectivity index (χ1) is 8.40. The Bertz CT molecular complexity index is 454. The van der Waals surface area contributed by atoms with Gasteiger partial charge in [0.25, 0.3) is 5.91 Å². The highest BCUT2D eigenvalue weighted by molar-refractivity contribution is 7.08. The van der Waals surface area contributed by atoms with Gasteiger partial charge in [0.1, 0.15) is 4.88 Å². The lowest BCUT2D eigenvalue weighted by atomic mass is 9.91. The van der Waals surface area contributed by atoms with E-state index in [-0.39, 0.29) is 17.4 Å². The van der Waals surface area contributed by atoms with Gasteiger partial charge in [0, 0.05) is 17.9 Å². The average molecular weight is 265 g/mol. The summed E-state index contributed by atoms with van der Waals surface area (Å²) >= 11 is 1.13. The first kappa shape index (κ1) is 14.7. The molecule has 1 aromatic heterocycles. The Kier molecular flexibility index (Phi) is 4.85. The fourth-order valence-electron chi connectivity index (χ4n) is 1.52. The number of terminal acetylenes is 1. The van der Waals surface area contributed by atoms with Crippen molar-refractivity contribution >= 4 is 17.4 Å². The lowest BCUT2D eigenvalue weighted by Gasteiger charge is -2.18. The Morgan fingerprint density at radius 2 is 2.22 bits per heavy atom. The second-order valence-corrected chi connectivity index (χ2v) is 5.94. The Morgan fingerprint density at radius 1 is 1.56 bits per heavy atom. The summed E-state index contributed by atoms with van der Waals surface area (Å²) in [5.41, 5.74) is 0.550. The van der Waals surface area contributed by atoms with Crippen molar-refractivity contribution in [2.75, 3.05) is 0 Å². The van der Waals surface area contributed by atoms with Crippen LogP contribution in [0.5, 0.6) is 0 Å². The van der Waals surface area contributed by atoms with Crippen molar-refractivity contribution in [3.05, 3.63) is 10.6 Å². The number of rotatable bonds is 4. The SMILES string of the molecule is C#CCC(CC)NC(=O)c1snnc1C(C)(C)C. The van der Waals surface area contributed by atoms with Gasteiger partial charge < -0.3 is 5.32 Å². The summed E-state index contributed by atoms with van der Waals surface area (Å²) in [5, 5.41) is 6.99. The summed E-state index contributed by atoms with van der Waals surface area (Å²) in [6.07, 6.45) is 6.63. The van der Waals surface area contributed by atoms with Gasteiger partial charge in [-0.25, -0.2) is 0 Å². The Labute approximate surface area is 112 Å². The maximum atomic E-state index is 12.2. The van der Waals surface area contributed by atoms with E-state index in [1.165, 1.54) is 0 Å². The molecule has 0 spiro atoms. The van der Waals surface area contributed by atoms with E-state index in [4.69, 9.17) is 6.42 Å². The third-order valence-corrected chi connectivity index (χ3v) is 3.32. The van der Waals surface area contributed by atoms with E-state index in [9.17, 15) is 4.79 Å². The number of hydrogen-bond acceptors (Lipinski definition) is 4. The van der Waals surface area contributed by atoms with E-state index in [2.05, 4.69) is 20.8 Å². The minimum atomic E-state index is -0.187. The van der Waals surface area contributed by atoms with E-state index in [0.29, 0.717) is 11.3 Å². The maximum absolute atomic E-state index is 12.2. The molecule has 1 amide bonds. The molecule has 0 bridgehead atoms. The Balaban J connectivity index is 2.86. The number of nitrogens with one attached hydrogen (secondary N) is 1. The molecule has 1 aromatic rings. The number of carbonyl (C=O) groups excluding carboxylic acids is 1. The molecular formula is C13H19N3OS. The molecule has 1 unspecified atom stereocenters. The van der Waals surface area contributed by atoms with Crippen LogP contribution in [-0.4, -0.2) is 21.5 Å². The molecule has 1 atom stereocenters. The quantitative estimate of drug-likeness (QED) is 0.850. The van der Waals surface area contributed by atoms with E-state index >= 15 is 0 Å². The average Bonchev–Trinajstić information content (AvgIpc) is 2.76. The zero-order chi connectivity index (χ0) is 13.8. The molecule has 4 nitrogen and oxygen atoms in total. The van der Waals surface area contributed by atoms with Crippen LogP contribution in [0.1, 0.15) is 55.9 Å². The lowest BCUT2D eigenvalue weighted by molar-refractivity contribution is 0.0938. The summed E-state index contributed by atoms with van der Waals surface area (Å²) in [4.78, 5) is 12.7. The van der Waals surface area contributed by atoms with Crippen LogP contribution in [0.25, 0.3) is 0 Å². The topological polar surface area (TPSA) is 54.9 Å². The number of aromatic nitrogens is 2. The summed E-state index contributed by atoms with van der Waals surface area (Å²) < 4.78 is 3.88. The lowest BCUT2D eigenvalue weighted by Crippen LogP contribution is -2.35. The van der Waals surface area contributed by atoms with Gasteiger partial charge in [-0.2, -0.15) is 0 Å². The molecule has 1 heterocycles. The largest absolute Gasteiger partial charge is 0.348 e. The predicted molar refractivity (Wildman–Crippen MR) is 73.6 cm³/mol. The van der Waals surface area contributed by atoms with Gasteiger partial charge >= 0.3 is 0 Å². The van der Waals surface area contributed by atoms with Crippen molar-refractivity contribution in [1.29, 1.82) is 0 Å². The zero-order valence-electron chi connectivity index (χ0n) is 11.3. The molecule has 0 aliphatic carbocycles. The van der Waals surface area contributed by atoms with E-state index in [1.807, 2.05) is 27.7 Å². The molecule has 1 rings (SSSR count). The van der Waals surface area contributed by atoms with Crippen LogP contribution in [-0.2, 0) is 5.41 Å². The molecule has 0 aliphatic rings. The molecule has 0 aromatic carbocycles. The first-order valence-electron chi connectivity index (χ1n) is 5.97. The van der Waals surface area contributed by atoms with Crippen LogP contribution < -0.4 is 5.32 Å². The van der Waals surface area contributed by atoms with Crippen LogP contribution in [0.4, 0.5) is 0 Å². The monoisotopic (exact) mass is 265 g/mol. The van der Waals surface area contributed by atoms with Gasteiger partial charge in [-0.3, -0.25) is 4.79 Å². The van der Waals surface area contributed by atoms with Gasteiger partial charge in [-0.05, 0) is 18.0 Å². The molecule has 0 saturated carbocycles. The minimum Gasteiger partial charge on any atom is -0.348 e. The number of amides is 1. The van der Waals surface area contributed by atoms with Crippen LogP contribution >= 0.6 is 11.5 Å². The molecule has 0 aliphatic heterocycles. The fraction of sp³-hybridized carbons (Fsp3) is 0.615. The molecule has 0 fully saturated rings. The number of nitrogens with zero attached hydrogens (tertiary/aromatic N) is 2. The van der Waals surface area contributed by atoms with Crippen LogP contribution in [0.15, 0.2) is 0 Å². The van der Waals surface area contributed by atoms with E-state index in [1.54, 1.807) is 0 Å². The van der Waals surface area contributed by atoms with Gasteiger partial charge in [-0.15, -0.1) is 17.4 Å². The third-order valence-electron chi connectivity index (χ3n) is 2.60. The number of carbonyl (C=O) groups is 1. The van der Waals surface area contributed by atoms with E-state index in [0.717, 1.165) is 23.6 Å². The summed E-state index contributed by atoms with van der Waals surface area (Å²) in [7, 11) is 0. The summed E-state index contributed by atoms with van der Waals surface area (Å²) in [6, 6.07) is 0.0115. The van der Waals surface area contributed by atoms with Gasteiger partial charge in [0.2, 0.25) is 0 Å². The smallest absolute Gasteiger partial charge is 0.265 e. The molecule has 0 saturated heterocycles. The second-order valence-electron chi connectivity index (χ2n) is 5.19. The third kappa shape index (κ3) is 3.54. The normalized spacial score (nSPS) is 12.8. The van der Waals surface area contributed by atoms with Crippen molar-refractivity contribution in [3.63, 3.8) is 0 Å². The number of hydrogen-bond donors (Lipinski definition) is 1. The summed E-state index contributed by atoms with van der Waals surface area (Å²) in [5.74, 6) is 2.44. The fourth-order valence-corrected chi connectivity index (χ4v) is 2.30. The van der Waals surface area contributed by atoms with E-state index < -0.39 is 0 Å². The highest BCUT2D eigenvalue weighted by Gasteiger charge is 2.26. The molecule has 5 heteroatoms. The Hall–Kier alpha value is -1.41. The molecule has 18 heavy (non-hydrogen) atoms. The summed E-state index contributed by atoms with van der Waals surface area (Å²) in [6.45, 7) is 8.04. The molecule has 98 valence electrons. The first-order valence-corrected chi connectivity index (χ1v) is 6.74. The van der Waals surface area contributed by atoms with Gasteiger partial charge in [0.15, 0.2) is 0 Å². The van der Waals surface area contributed by atoms with Crippen molar-refractivity contribution in [2.45, 2.75) is 52.0 Å². The molecule has 1 N–H and O–H groups in total. The van der Waals surface area contributed by atoms with Gasteiger partial charge in [0.05, 0.1) is 5.69 Å². The highest BCUT2D eigenvalue weighted by Crippen LogP contribution is 2.25. The predicted octanol–water partition coefficient (Wildman–Crippen LogP) is 2.37. The van der Waals surface area contributed by atoms with Crippen molar-refractivity contribution in [3.8, 4) is 12.3 Å². The zero-order valence-corrected chi connectivity index (χ0v) is 12.1. The standard InChI is InChI=1S/C13H19N3OS/c1-6-8-9(7-2)14-12(17)10-11(13(3,4)5)15-16-18-10/h1,9H,7-8H2,2-5H3,(H,14,17). The van der Waals surface area contributed by atoms with Crippen molar-refractivity contribution in [1.82, 2.24) is 14.9 Å². The minimum absolute atomic E-state index is 0.0115. The molecular weight excluding hydrogens is 246 g/mol.